The number of hydrogen-bond acceptors (Lipinski definition) is 6. The van der Waals surface area contributed by atoms with Gasteiger partial charge in [-0.15, -0.1) is 0 Å². The van der Waals surface area contributed by atoms with Crippen molar-refractivity contribution in [1.29, 1.82) is 0 Å². The first-order chi connectivity index (χ1) is 14.5. The van der Waals surface area contributed by atoms with Crippen LogP contribution in [0.25, 0.3) is 6.08 Å². The van der Waals surface area contributed by atoms with E-state index in [2.05, 4.69) is 4.98 Å². The van der Waals surface area contributed by atoms with Gasteiger partial charge in [-0.1, -0.05) is 6.07 Å². The lowest BCUT2D eigenvalue weighted by atomic mass is 10.1. The molecule has 0 saturated heterocycles. The van der Waals surface area contributed by atoms with E-state index < -0.39 is 22.2 Å². The molecule has 0 bridgehead atoms. The zero-order valence-corrected chi connectivity index (χ0v) is 15.9. The van der Waals surface area contributed by atoms with Crippen molar-refractivity contribution in [3.63, 3.8) is 0 Å². The monoisotopic (exact) mass is 408 g/mol. The zero-order chi connectivity index (χ0) is 21.5. The number of nitro benzene ring substituents is 1. The van der Waals surface area contributed by atoms with Crippen LogP contribution in [0.3, 0.4) is 0 Å². The summed E-state index contributed by atoms with van der Waals surface area (Å²) in [6.45, 7) is 0.241. The molecule has 0 aliphatic rings. The maximum Gasteiger partial charge on any atom is 0.280 e. The van der Waals surface area contributed by atoms with E-state index in [-0.39, 0.29) is 12.2 Å². The first kappa shape index (κ1) is 20.7. The van der Waals surface area contributed by atoms with Crippen molar-refractivity contribution in [2.45, 2.75) is 6.61 Å². The van der Waals surface area contributed by atoms with Crippen molar-refractivity contribution in [3.8, 4) is 11.5 Å². The summed E-state index contributed by atoms with van der Waals surface area (Å²) in [6.07, 6.45) is 5.91. The number of nitrogens with zero attached hydrogens (tertiary/aromatic N) is 2. The quantitative estimate of drug-likeness (QED) is 0.234. The summed E-state index contributed by atoms with van der Waals surface area (Å²) in [5.74, 6) is -0.436. The highest BCUT2D eigenvalue weighted by molar-refractivity contribution is 6.09. The lowest BCUT2D eigenvalue weighted by molar-refractivity contribution is -0.385. The van der Waals surface area contributed by atoms with Gasteiger partial charge in [0.1, 0.15) is 29.5 Å². The first-order valence-corrected chi connectivity index (χ1v) is 8.84. The number of halogens is 1. The van der Waals surface area contributed by atoms with Crippen molar-refractivity contribution in [3.05, 3.63) is 99.6 Å². The van der Waals surface area contributed by atoms with Gasteiger partial charge in [-0.2, -0.15) is 0 Å². The molecule has 3 aromatic rings. The van der Waals surface area contributed by atoms with Crippen molar-refractivity contribution < 1.29 is 23.6 Å². The molecule has 2 aromatic carbocycles. The van der Waals surface area contributed by atoms with E-state index in [1.165, 1.54) is 13.2 Å². The number of pyridine rings is 1. The van der Waals surface area contributed by atoms with Gasteiger partial charge in [-0.05, 0) is 42.5 Å². The van der Waals surface area contributed by atoms with Gasteiger partial charge in [0.2, 0.25) is 0 Å². The molecule has 0 aliphatic carbocycles. The van der Waals surface area contributed by atoms with Gasteiger partial charge >= 0.3 is 0 Å². The minimum atomic E-state index is -0.734. The molecule has 1 heterocycles. The molecule has 30 heavy (non-hydrogen) atoms. The number of carbonyl (C=O) groups excluding carboxylic acids is 1. The molecule has 152 valence electrons. The van der Waals surface area contributed by atoms with Crippen LogP contribution in [0.4, 0.5) is 10.1 Å². The SMILES string of the molecule is COc1ccc(C=CC(=O)c2cc(F)ccc2[N+](=O)[O-])c(OCc2cccnc2)c1. The summed E-state index contributed by atoms with van der Waals surface area (Å²) in [4.78, 5) is 26.9. The fourth-order valence-electron chi connectivity index (χ4n) is 2.67. The van der Waals surface area contributed by atoms with E-state index in [1.54, 1.807) is 36.7 Å². The van der Waals surface area contributed by atoms with Crippen LogP contribution in [0.1, 0.15) is 21.5 Å². The van der Waals surface area contributed by atoms with Crippen LogP contribution in [-0.2, 0) is 6.61 Å². The van der Waals surface area contributed by atoms with Gasteiger partial charge < -0.3 is 9.47 Å². The molecule has 0 saturated carbocycles. The Morgan fingerprint density at radius 3 is 2.77 bits per heavy atom. The number of rotatable bonds is 8. The second-order valence-corrected chi connectivity index (χ2v) is 6.17. The smallest absolute Gasteiger partial charge is 0.280 e. The Balaban J connectivity index is 1.87. The van der Waals surface area contributed by atoms with Gasteiger partial charge in [0.05, 0.1) is 12.0 Å². The van der Waals surface area contributed by atoms with Gasteiger partial charge in [0.15, 0.2) is 5.78 Å². The molecule has 0 N–H and O–H groups in total. The summed E-state index contributed by atoms with van der Waals surface area (Å²) in [5.41, 5.74) is 0.602. The third-order valence-corrected chi connectivity index (χ3v) is 4.17. The average Bonchev–Trinajstić information content (AvgIpc) is 2.76. The summed E-state index contributed by atoms with van der Waals surface area (Å²) >= 11 is 0. The van der Waals surface area contributed by atoms with Crippen molar-refractivity contribution >= 4 is 17.5 Å². The van der Waals surface area contributed by atoms with Crippen molar-refractivity contribution in [2.24, 2.45) is 0 Å². The van der Waals surface area contributed by atoms with E-state index in [0.29, 0.717) is 17.1 Å². The standard InChI is InChI=1S/C22H17FN2O5/c1-29-18-7-4-16(22(12-18)30-14-15-3-2-10-24-13-15)5-9-21(26)19-11-17(23)6-8-20(19)25(27)28/h2-13H,14H2,1H3. The number of allylic oxidation sites excluding steroid dienone is 1. The maximum atomic E-state index is 13.5. The molecule has 0 amide bonds. The Labute approximate surface area is 171 Å². The summed E-state index contributed by atoms with van der Waals surface area (Å²) in [6, 6.07) is 11.4. The lowest BCUT2D eigenvalue weighted by Crippen LogP contribution is -2.02. The van der Waals surface area contributed by atoms with E-state index >= 15 is 0 Å². The number of benzene rings is 2. The Morgan fingerprint density at radius 1 is 1.23 bits per heavy atom. The predicted octanol–water partition coefficient (Wildman–Crippen LogP) is 4.61. The van der Waals surface area contributed by atoms with Crippen molar-refractivity contribution in [2.75, 3.05) is 7.11 Å². The molecule has 0 radical (unpaired) electrons. The van der Waals surface area contributed by atoms with Crippen LogP contribution in [0, 0.1) is 15.9 Å². The number of carbonyl (C=O) groups is 1. The summed E-state index contributed by atoms with van der Waals surface area (Å²) < 4.78 is 24.6. The maximum absolute atomic E-state index is 13.5. The lowest BCUT2D eigenvalue weighted by Gasteiger charge is -2.11. The Morgan fingerprint density at radius 2 is 2.07 bits per heavy atom. The highest BCUT2D eigenvalue weighted by Gasteiger charge is 2.19. The van der Waals surface area contributed by atoms with Crippen LogP contribution in [0.5, 0.6) is 11.5 Å². The van der Waals surface area contributed by atoms with Crippen molar-refractivity contribution in [1.82, 2.24) is 4.98 Å². The average molecular weight is 408 g/mol. The molecule has 0 unspecified atom stereocenters. The highest BCUT2D eigenvalue weighted by atomic mass is 19.1. The number of hydrogen-bond donors (Lipinski definition) is 0. The van der Waals surface area contributed by atoms with Gasteiger partial charge in [-0.3, -0.25) is 19.9 Å². The van der Waals surface area contributed by atoms with E-state index in [1.807, 2.05) is 6.07 Å². The van der Waals surface area contributed by atoms with Crippen LogP contribution in [0.2, 0.25) is 0 Å². The summed E-state index contributed by atoms with van der Waals surface area (Å²) in [7, 11) is 1.52. The van der Waals surface area contributed by atoms with Crippen LogP contribution in [0.15, 0.2) is 67.0 Å². The Kier molecular flexibility index (Phi) is 6.49. The van der Waals surface area contributed by atoms with E-state index in [0.717, 1.165) is 29.8 Å². The molecule has 0 atom stereocenters. The number of nitro groups is 1. The van der Waals surface area contributed by atoms with Gasteiger partial charge in [0, 0.05) is 35.7 Å². The third kappa shape index (κ3) is 5.05. The fourth-order valence-corrected chi connectivity index (χ4v) is 2.67. The predicted molar refractivity (Wildman–Crippen MR) is 108 cm³/mol. The van der Waals surface area contributed by atoms with Crippen LogP contribution in [-0.4, -0.2) is 22.8 Å². The van der Waals surface area contributed by atoms with Crippen LogP contribution >= 0.6 is 0 Å². The van der Waals surface area contributed by atoms with Crippen LogP contribution < -0.4 is 9.47 Å². The molecule has 1 aromatic heterocycles. The Bertz CT molecular complexity index is 1100. The van der Waals surface area contributed by atoms with Gasteiger partial charge in [0.25, 0.3) is 5.69 Å². The minimum absolute atomic E-state index is 0.241. The van der Waals surface area contributed by atoms with Gasteiger partial charge in [-0.25, -0.2) is 4.39 Å². The molecule has 7 nitrogen and oxygen atoms in total. The molecule has 0 spiro atoms. The first-order valence-electron chi connectivity index (χ1n) is 8.84. The molecule has 3 rings (SSSR count). The highest BCUT2D eigenvalue weighted by Crippen LogP contribution is 2.27. The second-order valence-electron chi connectivity index (χ2n) is 6.17. The topological polar surface area (TPSA) is 91.6 Å². The number of methoxy groups -OCH3 is 1. The minimum Gasteiger partial charge on any atom is -0.497 e. The molecule has 0 aliphatic heterocycles. The number of aromatic nitrogens is 1. The molecule has 0 fully saturated rings. The Hall–Kier alpha value is -4.07. The zero-order valence-electron chi connectivity index (χ0n) is 15.9. The largest absolute Gasteiger partial charge is 0.497 e. The fraction of sp³-hybridized carbons (Fsp3) is 0.0909. The number of ketones is 1. The molecule has 8 heteroatoms. The molecular weight excluding hydrogens is 391 g/mol. The van der Waals surface area contributed by atoms with E-state index in [4.69, 9.17) is 9.47 Å². The van der Waals surface area contributed by atoms with E-state index in [9.17, 15) is 19.3 Å². The number of ether oxygens (including phenoxy) is 2. The molecular formula is C22H17FN2O5. The second kappa shape index (κ2) is 9.42. The normalized spacial score (nSPS) is 10.7. The third-order valence-electron chi connectivity index (χ3n) is 4.17. The summed E-state index contributed by atoms with van der Waals surface area (Å²) in [5, 5.41) is 11.1.